The van der Waals surface area contributed by atoms with Crippen molar-refractivity contribution in [3.05, 3.63) is 0 Å². The smallest absolute Gasteiger partial charge is 0.318 e. The van der Waals surface area contributed by atoms with Crippen molar-refractivity contribution in [1.82, 2.24) is 0 Å². The van der Waals surface area contributed by atoms with Crippen LogP contribution in [0.5, 0.6) is 0 Å². The molecule has 1 N–H and O–H groups in total. The molecule has 0 aromatic heterocycles. The minimum Gasteiger partial charge on any atom is -0.481 e. The number of cyclic esters (lactones) is 2. The van der Waals surface area contributed by atoms with Gasteiger partial charge in [-0.1, -0.05) is 51.7 Å². The molecule has 299 valence electrons. The summed E-state index contributed by atoms with van der Waals surface area (Å²) in [6.07, 6.45) is 1.35. The molecule has 2 saturated carbocycles. The van der Waals surface area contributed by atoms with Crippen LogP contribution in [0.25, 0.3) is 0 Å². The molecule has 3 radical (unpaired) electrons. The zero-order chi connectivity index (χ0) is 39.8. The molecule has 2 aliphatic heterocycles. The van der Waals surface area contributed by atoms with E-state index in [1.807, 2.05) is 6.92 Å². The van der Waals surface area contributed by atoms with E-state index in [2.05, 4.69) is 33.1 Å². The highest BCUT2D eigenvalue weighted by atomic mass is 28.4. The number of esters is 4. The summed E-state index contributed by atoms with van der Waals surface area (Å²) in [6, 6.07) is 0. The Kier molecular flexibility index (Phi) is 14.0. The quantitative estimate of drug-likeness (QED) is 0.0785. The van der Waals surface area contributed by atoms with Gasteiger partial charge in [0.25, 0.3) is 0 Å². The molecule has 10 atom stereocenters. The van der Waals surface area contributed by atoms with Gasteiger partial charge in [-0.15, -0.1) is 0 Å². The highest BCUT2D eigenvalue weighted by molar-refractivity contribution is 6.98. The summed E-state index contributed by atoms with van der Waals surface area (Å²) < 4.78 is 23.2. The van der Waals surface area contributed by atoms with Crippen LogP contribution in [0.15, 0.2) is 0 Å². The van der Waals surface area contributed by atoms with Gasteiger partial charge in [-0.3, -0.25) is 24.0 Å². The number of carboxylic acid groups (broad SMARTS) is 1. The van der Waals surface area contributed by atoms with Gasteiger partial charge in [-0.2, -0.15) is 0 Å². The first-order valence-electron chi connectivity index (χ1n) is 19.8. The van der Waals surface area contributed by atoms with Crippen LogP contribution in [0.1, 0.15) is 87.0 Å². The summed E-state index contributed by atoms with van der Waals surface area (Å²) in [7, 11) is -1.49. The maximum absolute atomic E-state index is 13.9. The minimum absolute atomic E-state index is 0.0787. The number of methoxy groups -OCH3 is 1. The molecule has 0 aromatic rings. The topological polar surface area (TPSA) is 143 Å². The number of rotatable bonds is 15. The van der Waals surface area contributed by atoms with Crippen LogP contribution >= 0.6 is 0 Å². The van der Waals surface area contributed by atoms with Crippen molar-refractivity contribution in [2.45, 2.75) is 142 Å². The standard InChI is InChI=1S/C39H67O10Si4/c1-13-37(5,36(45)48-24(2)3)18-39(7,35(43)44)19-38(6,16-29(40)46-8)32-31(33(41)49-34(32)42)30-25(4)28-15-26(30)14-27(28)17-47-53(12)22-51(10)20-50(9)21-52(11)23-53/h24-28,30-32H,13-23H2,1-12H3,(H,43,44). The number of ether oxygens (including phenoxy) is 3. The first-order chi connectivity index (χ1) is 24.5. The predicted octanol–water partition coefficient (Wildman–Crippen LogP) is 7.16. The van der Waals surface area contributed by atoms with E-state index >= 15 is 0 Å². The molecule has 10 unspecified atom stereocenters. The van der Waals surface area contributed by atoms with Crippen molar-refractivity contribution >= 4 is 64.6 Å². The lowest BCUT2D eigenvalue weighted by Crippen LogP contribution is -2.49. The van der Waals surface area contributed by atoms with Gasteiger partial charge < -0.3 is 23.7 Å². The van der Waals surface area contributed by atoms with Crippen LogP contribution < -0.4 is 0 Å². The average molecular weight is 808 g/mol. The lowest BCUT2D eigenvalue weighted by atomic mass is 9.56. The molecule has 14 heteroatoms. The molecular formula is C39H67O10Si4. The molecule has 4 rings (SSSR count). The lowest BCUT2D eigenvalue weighted by Gasteiger charge is -2.45. The average Bonchev–Trinajstić information content (AvgIpc) is 3.68. The number of fused-ring (bicyclic) bond motifs is 2. The highest BCUT2D eigenvalue weighted by Gasteiger charge is 2.64. The summed E-state index contributed by atoms with van der Waals surface area (Å²) in [5.74, 6) is -4.40. The van der Waals surface area contributed by atoms with Gasteiger partial charge >= 0.3 is 29.8 Å². The molecule has 4 aliphatic rings. The van der Waals surface area contributed by atoms with E-state index in [-0.39, 0.29) is 69.5 Å². The highest BCUT2D eigenvalue weighted by Crippen LogP contribution is 2.62. The van der Waals surface area contributed by atoms with Crippen molar-refractivity contribution in [1.29, 1.82) is 0 Å². The van der Waals surface area contributed by atoms with Crippen molar-refractivity contribution < 1.29 is 47.7 Å². The van der Waals surface area contributed by atoms with Crippen LogP contribution in [-0.2, 0) is 42.6 Å². The molecule has 2 heterocycles. The van der Waals surface area contributed by atoms with Crippen molar-refractivity contribution in [3.8, 4) is 0 Å². The first-order valence-corrected chi connectivity index (χ1v) is 29.9. The van der Waals surface area contributed by atoms with Gasteiger partial charge in [0.05, 0.1) is 42.3 Å². The zero-order valence-corrected chi connectivity index (χ0v) is 38.5. The third-order valence-electron chi connectivity index (χ3n) is 13.6. The van der Waals surface area contributed by atoms with E-state index in [4.69, 9.17) is 18.6 Å². The Balaban J connectivity index is 1.60. The van der Waals surface area contributed by atoms with Crippen molar-refractivity contribution in [3.63, 3.8) is 0 Å². The Morgan fingerprint density at radius 2 is 1.57 bits per heavy atom. The fraction of sp³-hybridized carbons (Fsp3) is 0.872. The van der Waals surface area contributed by atoms with Crippen LogP contribution in [0.4, 0.5) is 0 Å². The Morgan fingerprint density at radius 3 is 2.08 bits per heavy atom. The third kappa shape index (κ3) is 9.68. The second-order valence-corrected chi connectivity index (χ2v) is 33.8. The Bertz CT molecular complexity index is 1380. The molecular weight excluding hydrogens is 741 g/mol. The number of carboxylic acids is 1. The second kappa shape index (κ2) is 16.9. The van der Waals surface area contributed by atoms with Gasteiger partial charge in [0.1, 0.15) is 0 Å². The number of hydrogen-bond acceptors (Lipinski definition) is 9. The number of carbonyl (C=O) groups is 5. The molecule has 4 fully saturated rings. The maximum Gasteiger partial charge on any atom is 0.318 e. The molecule has 10 nitrogen and oxygen atoms in total. The maximum atomic E-state index is 13.9. The summed E-state index contributed by atoms with van der Waals surface area (Å²) >= 11 is 0. The van der Waals surface area contributed by atoms with Gasteiger partial charge in [0, 0.05) is 33.0 Å². The summed E-state index contributed by atoms with van der Waals surface area (Å²) in [5, 5.41) is 10.8. The van der Waals surface area contributed by atoms with Crippen molar-refractivity contribution in [2.75, 3.05) is 13.7 Å². The Labute approximate surface area is 324 Å². The lowest BCUT2D eigenvalue weighted by molar-refractivity contribution is -0.168. The van der Waals surface area contributed by atoms with Gasteiger partial charge in [-0.05, 0) is 113 Å². The number of hydrogen-bond donors (Lipinski definition) is 1. The van der Waals surface area contributed by atoms with E-state index in [1.54, 1.807) is 34.6 Å². The molecule has 0 aromatic carbocycles. The van der Waals surface area contributed by atoms with Gasteiger partial charge in [0.15, 0.2) is 8.32 Å². The Hall–Kier alpha value is -1.62. The third-order valence-corrected chi connectivity index (χ3v) is 34.9. The van der Waals surface area contributed by atoms with Crippen LogP contribution in [0.2, 0.25) is 48.9 Å². The molecule has 0 spiro atoms. The molecule has 0 amide bonds. The fourth-order valence-corrected chi connectivity index (χ4v) is 38.0. The molecule has 2 aliphatic carbocycles. The van der Waals surface area contributed by atoms with Crippen LogP contribution in [0.3, 0.4) is 0 Å². The summed E-state index contributed by atoms with van der Waals surface area (Å²) in [5.41, 5.74) is 1.63. The minimum atomic E-state index is -1.81. The largest absolute Gasteiger partial charge is 0.481 e. The van der Waals surface area contributed by atoms with Crippen molar-refractivity contribution in [2.24, 2.45) is 57.7 Å². The second-order valence-electron chi connectivity index (χ2n) is 19.2. The van der Waals surface area contributed by atoms with Crippen LogP contribution in [-0.4, -0.2) is 89.5 Å². The zero-order valence-electron chi connectivity index (χ0n) is 34.5. The summed E-state index contributed by atoms with van der Waals surface area (Å²) in [4.78, 5) is 67.3. The first kappa shape index (κ1) is 44.1. The monoisotopic (exact) mass is 807 g/mol. The van der Waals surface area contributed by atoms with E-state index in [9.17, 15) is 29.1 Å². The van der Waals surface area contributed by atoms with Gasteiger partial charge in [-0.25, -0.2) is 0 Å². The van der Waals surface area contributed by atoms with E-state index in [0.717, 1.165) is 19.4 Å². The fourth-order valence-electron chi connectivity index (χ4n) is 11.6. The number of aliphatic carboxylic acids is 1. The summed E-state index contributed by atoms with van der Waals surface area (Å²) in [6.45, 7) is 23.3. The van der Waals surface area contributed by atoms with E-state index in [1.165, 1.54) is 29.8 Å². The number of carbonyl (C=O) groups excluding carboxylic acids is 4. The molecule has 53 heavy (non-hydrogen) atoms. The van der Waals surface area contributed by atoms with Crippen LogP contribution in [0, 0.1) is 57.7 Å². The Morgan fingerprint density at radius 1 is 0.962 bits per heavy atom. The molecule has 2 bridgehead atoms. The van der Waals surface area contributed by atoms with E-state index < -0.39 is 66.2 Å². The predicted molar refractivity (Wildman–Crippen MR) is 211 cm³/mol. The van der Waals surface area contributed by atoms with E-state index in [0.29, 0.717) is 18.3 Å². The SMILES string of the molecule is CCC(C)(CC(C)(CC(C)(CC(=O)OC)C1C(=O)OC(=O)C1C1C2CC(CO[Si]3(C)C[Si](C)C[Si](C)C[Si](C)C3)C(C2)C1C)C(=O)O)C(=O)OC(C)C. The molecule has 2 saturated heterocycles. The van der Waals surface area contributed by atoms with Gasteiger partial charge in [0.2, 0.25) is 0 Å². The normalized spacial score (nSPS) is 33.0.